The third kappa shape index (κ3) is 5.73. The average Bonchev–Trinajstić information content (AvgIpc) is 2.68. The van der Waals surface area contributed by atoms with Crippen LogP contribution < -0.4 is 4.74 Å². The lowest BCUT2D eigenvalue weighted by molar-refractivity contribution is -0.137. The van der Waals surface area contributed by atoms with E-state index in [9.17, 15) is 18.0 Å². The molecule has 0 saturated carbocycles. The number of hydrogen-bond acceptors (Lipinski definition) is 3. The number of benzene rings is 2. The topological polar surface area (TPSA) is 29.5 Å². The first-order chi connectivity index (χ1) is 13.7. The SMILES string of the molecule is CC1(Oc2ccc(Cl)cc2)CCN(CCC(=O)c2ccccc2C(F)(F)F)CC1. The molecule has 1 fully saturated rings. The highest BCUT2D eigenvalue weighted by molar-refractivity contribution is 6.30. The summed E-state index contributed by atoms with van der Waals surface area (Å²) in [4.78, 5) is 14.5. The molecular formula is C22H23ClF3NO2. The second-order valence-corrected chi connectivity index (χ2v) is 8.00. The molecular weight excluding hydrogens is 403 g/mol. The normalized spacial score (nSPS) is 17.1. The van der Waals surface area contributed by atoms with Gasteiger partial charge in [0.1, 0.15) is 11.4 Å². The zero-order valence-corrected chi connectivity index (χ0v) is 16.9. The first-order valence-corrected chi connectivity index (χ1v) is 9.90. The van der Waals surface area contributed by atoms with Crippen LogP contribution >= 0.6 is 11.6 Å². The van der Waals surface area contributed by atoms with Crippen LogP contribution in [0.15, 0.2) is 48.5 Å². The highest BCUT2D eigenvalue weighted by Gasteiger charge is 2.35. The lowest BCUT2D eigenvalue weighted by Gasteiger charge is -2.39. The Hall–Kier alpha value is -2.05. The predicted molar refractivity (Wildman–Crippen MR) is 107 cm³/mol. The Morgan fingerprint density at radius 2 is 1.72 bits per heavy atom. The van der Waals surface area contributed by atoms with Crippen molar-refractivity contribution in [3.8, 4) is 5.75 Å². The number of nitrogens with zero attached hydrogens (tertiary/aromatic N) is 1. The smallest absolute Gasteiger partial charge is 0.417 e. The van der Waals surface area contributed by atoms with E-state index < -0.39 is 17.5 Å². The summed E-state index contributed by atoms with van der Waals surface area (Å²) >= 11 is 5.90. The lowest BCUT2D eigenvalue weighted by atomic mass is 9.92. The largest absolute Gasteiger partial charge is 0.487 e. The third-order valence-electron chi connectivity index (χ3n) is 5.28. The Balaban J connectivity index is 1.52. The van der Waals surface area contributed by atoms with Gasteiger partial charge in [0.15, 0.2) is 5.78 Å². The minimum absolute atomic E-state index is 0.0574. The number of piperidine rings is 1. The van der Waals surface area contributed by atoms with Crippen molar-refractivity contribution in [1.82, 2.24) is 4.90 Å². The van der Waals surface area contributed by atoms with Crippen molar-refractivity contribution >= 4 is 17.4 Å². The standard InChI is InChI=1S/C22H23ClF3NO2/c1-21(29-17-8-6-16(23)7-9-17)11-14-27(15-12-21)13-10-20(28)18-4-2-3-5-19(18)22(24,25)26/h2-9H,10-15H2,1H3. The molecule has 1 saturated heterocycles. The summed E-state index contributed by atoms with van der Waals surface area (Å²) in [5, 5.41) is 0.647. The van der Waals surface area contributed by atoms with E-state index in [2.05, 4.69) is 4.90 Å². The number of halogens is 4. The number of carbonyl (C=O) groups excluding carboxylic acids is 1. The molecule has 2 aromatic carbocycles. The van der Waals surface area contributed by atoms with Crippen molar-refractivity contribution in [3.63, 3.8) is 0 Å². The molecule has 0 bridgehead atoms. The van der Waals surface area contributed by atoms with E-state index in [1.54, 1.807) is 12.1 Å². The minimum atomic E-state index is -4.53. The summed E-state index contributed by atoms with van der Waals surface area (Å²) in [6.45, 7) is 3.92. The first kappa shape index (κ1) is 21.7. The van der Waals surface area contributed by atoms with E-state index in [1.807, 2.05) is 19.1 Å². The maximum Gasteiger partial charge on any atom is 0.417 e. The minimum Gasteiger partial charge on any atom is -0.487 e. The van der Waals surface area contributed by atoms with E-state index in [1.165, 1.54) is 18.2 Å². The Morgan fingerprint density at radius 3 is 2.34 bits per heavy atom. The van der Waals surface area contributed by atoms with Crippen LogP contribution in [0.3, 0.4) is 0 Å². The van der Waals surface area contributed by atoms with Crippen molar-refractivity contribution < 1.29 is 22.7 Å². The molecule has 0 atom stereocenters. The molecule has 29 heavy (non-hydrogen) atoms. The van der Waals surface area contributed by atoms with Gasteiger partial charge in [0.2, 0.25) is 0 Å². The summed E-state index contributed by atoms with van der Waals surface area (Å²) in [6, 6.07) is 12.2. The number of ether oxygens (including phenoxy) is 1. The van der Waals surface area contributed by atoms with Crippen LogP contribution in [-0.4, -0.2) is 35.9 Å². The van der Waals surface area contributed by atoms with Crippen LogP contribution in [0.25, 0.3) is 0 Å². The molecule has 0 spiro atoms. The fourth-order valence-corrected chi connectivity index (χ4v) is 3.63. The monoisotopic (exact) mass is 425 g/mol. The van der Waals surface area contributed by atoms with Gasteiger partial charge in [0.05, 0.1) is 5.56 Å². The van der Waals surface area contributed by atoms with Gasteiger partial charge in [0.25, 0.3) is 0 Å². The van der Waals surface area contributed by atoms with Gasteiger partial charge in [0, 0.05) is 36.6 Å². The van der Waals surface area contributed by atoms with E-state index >= 15 is 0 Å². The molecule has 156 valence electrons. The molecule has 3 nitrogen and oxygen atoms in total. The van der Waals surface area contributed by atoms with Crippen LogP contribution in [0.2, 0.25) is 5.02 Å². The van der Waals surface area contributed by atoms with Crippen molar-refractivity contribution in [2.24, 2.45) is 0 Å². The van der Waals surface area contributed by atoms with Gasteiger partial charge >= 0.3 is 6.18 Å². The van der Waals surface area contributed by atoms with E-state index in [-0.39, 0.29) is 17.6 Å². The Bertz CT molecular complexity index is 844. The number of Topliss-reactive ketones (excluding diaryl/α,β-unsaturated/α-hetero) is 1. The van der Waals surface area contributed by atoms with E-state index in [4.69, 9.17) is 16.3 Å². The number of alkyl halides is 3. The molecule has 0 aromatic heterocycles. The molecule has 0 amide bonds. The van der Waals surface area contributed by atoms with Crippen molar-refractivity contribution in [2.45, 2.75) is 38.0 Å². The Morgan fingerprint density at radius 1 is 1.10 bits per heavy atom. The number of hydrogen-bond donors (Lipinski definition) is 0. The number of ketones is 1. The highest BCUT2D eigenvalue weighted by atomic mass is 35.5. The number of carbonyl (C=O) groups is 1. The van der Waals surface area contributed by atoms with E-state index in [0.29, 0.717) is 11.6 Å². The second kappa shape index (κ2) is 8.76. The van der Waals surface area contributed by atoms with Crippen LogP contribution in [0.1, 0.15) is 42.1 Å². The highest BCUT2D eigenvalue weighted by Crippen LogP contribution is 2.33. The van der Waals surface area contributed by atoms with Crippen LogP contribution in [0, 0.1) is 0 Å². The van der Waals surface area contributed by atoms with Crippen molar-refractivity contribution in [2.75, 3.05) is 19.6 Å². The maximum absolute atomic E-state index is 13.1. The third-order valence-corrected chi connectivity index (χ3v) is 5.53. The molecule has 1 heterocycles. The molecule has 3 rings (SSSR count). The molecule has 1 aliphatic rings. The molecule has 2 aromatic rings. The quantitative estimate of drug-likeness (QED) is 0.542. The fourth-order valence-electron chi connectivity index (χ4n) is 3.51. The predicted octanol–water partition coefficient (Wildman–Crippen LogP) is 5.87. The molecule has 1 aliphatic heterocycles. The summed E-state index contributed by atoms with van der Waals surface area (Å²) in [7, 11) is 0. The average molecular weight is 426 g/mol. The van der Waals surface area contributed by atoms with Gasteiger partial charge in [-0.1, -0.05) is 29.8 Å². The Labute approximate surface area is 173 Å². The molecule has 0 aliphatic carbocycles. The van der Waals surface area contributed by atoms with Crippen LogP contribution in [0.5, 0.6) is 5.75 Å². The summed E-state index contributed by atoms with van der Waals surface area (Å²) in [5.74, 6) is 0.271. The van der Waals surface area contributed by atoms with E-state index in [0.717, 1.165) is 37.7 Å². The van der Waals surface area contributed by atoms with Gasteiger partial charge in [-0.15, -0.1) is 0 Å². The van der Waals surface area contributed by atoms with Crippen molar-refractivity contribution in [1.29, 1.82) is 0 Å². The van der Waals surface area contributed by atoms with Crippen LogP contribution in [-0.2, 0) is 6.18 Å². The molecule has 0 radical (unpaired) electrons. The maximum atomic E-state index is 13.1. The molecule has 0 N–H and O–H groups in total. The van der Waals surface area contributed by atoms with Gasteiger partial charge in [-0.25, -0.2) is 0 Å². The van der Waals surface area contributed by atoms with Gasteiger partial charge in [-0.05, 0) is 50.1 Å². The van der Waals surface area contributed by atoms with Crippen LogP contribution in [0.4, 0.5) is 13.2 Å². The van der Waals surface area contributed by atoms with Gasteiger partial charge in [-0.3, -0.25) is 4.79 Å². The second-order valence-electron chi connectivity index (χ2n) is 7.56. The summed E-state index contributed by atoms with van der Waals surface area (Å²) in [5.41, 5.74) is -1.45. The lowest BCUT2D eigenvalue weighted by Crippen LogP contribution is -2.46. The zero-order chi connectivity index (χ0) is 21.1. The number of likely N-dealkylation sites (tertiary alicyclic amines) is 1. The fraction of sp³-hybridized carbons (Fsp3) is 0.409. The summed E-state index contributed by atoms with van der Waals surface area (Å²) in [6.07, 6.45) is -2.94. The van der Waals surface area contributed by atoms with Crippen molar-refractivity contribution in [3.05, 3.63) is 64.7 Å². The van der Waals surface area contributed by atoms with Gasteiger partial charge < -0.3 is 9.64 Å². The summed E-state index contributed by atoms with van der Waals surface area (Å²) < 4.78 is 45.4. The number of rotatable bonds is 6. The first-order valence-electron chi connectivity index (χ1n) is 9.53. The molecule has 7 heteroatoms. The Kier molecular flexibility index (Phi) is 6.54. The molecule has 0 unspecified atom stereocenters. The zero-order valence-electron chi connectivity index (χ0n) is 16.1. The van der Waals surface area contributed by atoms with Gasteiger partial charge in [-0.2, -0.15) is 13.2 Å².